The van der Waals surface area contributed by atoms with Crippen LogP contribution in [0.4, 0.5) is 45.5 Å². The number of methoxy groups -OCH3 is 1. The highest BCUT2D eigenvalue weighted by atomic mass is 19.4. The molecule has 0 aliphatic heterocycles. The smallest absolute Gasteiger partial charge is 0.376 e. The Morgan fingerprint density at radius 3 is 1.93 bits per heavy atom. The number of tetrazole rings is 1. The van der Waals surface area contributed by atoms with Crippen LogP contribution in [0, 0.1) is 5.92 Å². The first-order valence-corrected chi connectivity index (χ1v) is 12.1. The minimum absolute atomic E-state index is 0.00112. The van der Waals surface area contributed by atoms with Crippen molar-refractivity contribution >= 4 is 5.95 Å². The van der Waals surface area contributed by atoms with Crippen molar-refractivity contribution in [3.8, 4) is 0 Å². The van der Waals surface area contributed by atoms with E-state index in [1.807, 2.05) is 0 Å². The minimum Gasteiger partial charge on any atom is -0.376 e. The van der Waals surface area contributed by atoms with E-state index in [4.69, 9.17) is 4.74 Å². The van der Waals surface area contributed by atoms with Crippen LogP contribution in [0.3, 0.4) is 0 Å². The van der Waals surface area contributed by atoms with Crippen LogP contribution in [-0.2, 0) is 43.4 Å². The number of hydrogen-bond acceptors (Lipinski definition) is 5. The summed E-state index contributed by atoms with van der Waals surface area (Å²) in [7, 11) is 2.81. The van der Waals surface area contributed by atoms with Gasteiger partial charge in [-0.3, -0.25) is 0 Å². The molecule has 0 radical (unpaired) electrons. The summed E-state index contributed by atoms with van der Waals surface area (Å²) < 4.78 is 127. The second-order valence-electron chi connectivity index (χ2n) is 9.61. The molecular formula is C25H24F9N5O. The number of benzene rings is 2. The van der Waals surface area contributed by atoms with Crippen molar-refractivity contribution in [3.63, 3.8) is 0 Å². The fourth-order valence-corrected chi connectivity index (χ4v) is 4.65. The minimum atomic E-state index is -5.08. The summed E-state index contributed by atoms with van der Waals surface area (Å²) >= 11 is 0. The van der Waals surface area contributed by atoms with E-state index in [1.165, 1.54) is 25.1 Å². The number of alkyl halides is 9. The standard InChI is InChI=1S/C25H24F9N5O/c1-38-36-22(35-37-38)39(12-14-8-18(24(29,30)31)11-19(9-14)25(32,33)34)13-16-10-17(23(26,27)28)6-7-20(16)21(40-2)15-4-3-5-15/h6-11,15,21H,3-5,12-13H2,1-2H3/t21-/m1/s1. The van der Waals surface area contributed by atoms with Crippen molar-refractivity contribution in [1.29, 1.82) is 0 Å². The van der Waals surface area contributed by atoms with E-state index in [0.29, 0.717) is 17.7 Å². The van der Waals surface area contributed by atoms with Gasteiger partial charge in [0.25, 0.3) is 5.95 Å². The van der Waals surface area contributed by atoms with E-state index in [0.717, 1.165) is 36.2 Å². The molecule has 0 unspecified atom stereocenters. The first kappa shape index (κ1) is 29.6. The number of aromatic nitrogens is 4. The highest BCUT2D eigenvalue weighted by molar-refractivity contribution is 5.42. The Labute approximate surface area is 222 Å². The molecule has 1 fully saturated rings. The molecule has 0 spiro atoms. The number of ether oxygens (including phenoxy) is 1. The lowest BCUT2D eigenvalue weighted by atomic mass is 9.77. The third-order valence-electron chi connectivity index (χ3n) is 6.77. The van der Waals surface area contributed by atoms with Crippen LogP contribution in [0.1, 0.15) is 58.7 Å². The van der Waals surface area contributed by atoms with E-state index in [9.17, 15) is 39.5 Å². The van der Waals surface area contributed by atoms with Crippen LogP contribution >= 0.6 is 0 Å². The molecule has 3 aromatic rings. The van der Waals surface area contributed by atoms with Crippen LogP contribution in [-0.4, -0.2) is 27.3 Å². The second kappa shape index (κ2) is 10.9. The van der Waals surface area contributed by atoms with Crippen LogP contribution in [0.15, 0.2) is 36.4 Å². The molecule has 1 atom stereocenters. The van der Waals surface area contributed by atoms with Gasteiger partial charge in [-0.25, -0.2) is 0 Å². The molecule has 6 nitrogen and oxygen atoms in total. The SMILES string of the molecule is CO[C@@H](c1ccc(C(F)(F)F)cc1CN(Cc1cc(C(F)(F)F)cc(C(F)(F)F)c1)c1nnn(C)n1)C1CCC1. The summed E-state index contributed by atoms with van der Waals surface area (Å²) in [4.78, 5) is 2.18. The lowest BCUT2D eigenvalue weighted by Gasteiger charge is -2.35. The average Bonchev–Trinajstić information content (AvgIpc) is 3.25. The Hall–Kier alpha value is -3.36. The summed E-state index contributed by atoms with van der Waals surface area (Å²) in [5.41, 5.74) is -3.87. The fourth-order valence-electron chi connectivity index (χ4n) is 4.65. The van der Waals surface area contributed by atoms with Crippen molar-refractivity contribution in [2.75, 3.05) is 12.0 Å². The van der Waals surface area contributed by atoms with E-state index >= 15 is 0 Å². The van der Waals surface area contributed by atoms with Gasteiger partial charge < -0.3 is 9.64 Å². The van der Waals surface area contributed by atoms with Gasteiger partial charge in [0.05, 0.1) is 29.8 Å². The van der Waals surface area contributed by atoms with Crippen LogP contribution in [0.5, 0.6) is 0 Å². The van der Waals surface area contributed by atoms with Crippen LogP contribution in [0.25, 0.3) is 0 Å². The Morgan fingerprint density at radius 1 is 0.875 bits per heavy atom. The zero-order chi connectivity index (χ0) is 29.5. The summed E-state index contributed by atoms with van der Waals surface area (Å²) in [5.74, 6) is -0.157. The van der Waals surface area contributed by atoms with Gasteiger partial charge in [0, 0.05) is 20.2 Å². The molecule has 1 aromatic heterocycles. The summed E-state index contributed by atoms with van der Waals surface area (Å²) in [6.07, 6.45) is -12.9. The van der Waals surface area contributed by atoms with E-state index in [-0.39, 0.29) is 30.0 Å². The predicted molar refractivity (Wildman–Crippen MR) is 124 cm³/mol. The Kier molecular flexibility index (Phi) is 8.07. The van der Waals surface area contributed by atoms with Gasteiger partial charge >= 0.3 is 18.5 Å². The molecule has 1 aliphatic rings. The second-order valence-corrected chi connectivity index (χ2v) is 9.61. The van der Waals surface area contributed by atoms with Crippen molar-refractivity contribution in [2.24, 2.45) is 13.0 Å². The van der Waals surface area contributed by atoms with Gasteiger partial charge in [0.15, 0.2) is 0 Å². The highest BCUT2D eigenvalue weighted by Gasteiger charge is 2.38. The van der Waals surface area contributed by atoms with E-state index < -0.39 is 53.4 Å². The van der Waals surface area contributed by atoms with Gasteiger partial charge in [-0.15, -0.1) is 5.10 Å². The lowest BCUT2D eigenvalue weighted by molar-refractivity contribution is -0.143. The molecule has 0 N–H and O–H groups in total. The van der Waals surface area contributed by atoms with Crippen LogP contribution in [0.2, 0.25) is 0 Å². The van der Waals surface area contributed by atoms with E-state index in [2.05, 4.69) is 15.4 Å². The quantitative estimate of drug-likeness (QED) is 0.269. The zero-order valence-electron chi connectivity index (χ0n) is 21.2. The molecule has 1 heterocycles. The Balaban J connectivity index is 1.80. The topological polar surface area (TPSA) is 56.1 Å². The number of anilines is 1. The first-order chi connectivity index (χ1) is 18.6. The molecule has 40 heavy (non-hydrogen) atoms. The predicted octanol–water partition coefficient (Wildman–Crippen LogP) is 6.96. The molecular weight excluding hydrogens is 557 g/mol. The van der Waals surface area contributed by atoms with E-state index in [1.54, 1.807) is 0 Å². The molecule has 1 aliphatic carbocycles. The molecule has 15 heteroatoms. The number of rotatable bonds is 8. The van der Waals surface area contributed by atoms with Gasteiger partial charge in [-0.1, -0.05) is 17.6 Å². The molecule has 0 bridgehead atoms. The average molecular weight is 581 g/mol. The number of nitrogens with zero attached hydrogens (tertiary/aromatic N) is 5. The monoisotopic (exact) mass is 581 g/mol. The molecule has 0 saturated heterocycles. The normalized spacial score (nSPS) is 15.7. The number of hydrogen-bond donors (Lipinski definition) is 0. The summed E-state index contributed by atoms with van der Waals surface area (Å²) in [5, 5.41) is 11.5. The maximum atomic E-state index is 13.6. The van der Waals surface area contributed by atoms with Gasteiger partial charge in [0.1, 0.15) is 0 Å². The molecule has 4 rings (SSSR count). The summed E-state index contributed by atoms with van der Waals surface area (Å²) in [6, 6.07) is 4.21. The number of aryl methyl sites for hydroxylation is 1. The van der Waals surface area contributed by atoms with Crippen molar-refractivity contribution in [3.05, 3.63) is 69.8 Å². The first-order valence-electron chi connectivity index (χ1n) is 12.1. The van der Waals surface area contributed by atoms with Gasteiger partial charge in [0.2, 0.25) is 0 Å². The fraction of sp³-hybridized carbons (Fsp3) is 0.480. The van der Waals surface area contributed by atoms with Crippen molar-refractivity contribution in [1.82, 2.24) is 20.2 Å². The van der Waals surface area contributed by atoms with Crippen molar-refractivity contribution < 1.29 is 44.3 Å². The molecule has 0 amide bonds. The number of halogens is 9. The maximum Gasteiger partial charge on any atom is 0.416 e. The molecule has 1 saturated carbocycles. The zero-order valence-corrected chi connectivity index (χ0v) is 21.2. The lowest BCUT2D eigenvalue weighted by Crippen LogP contribution is -2.28. The molecule has 218 valence electrons. The Morgan fingerprint density at radius 2 is 1.48 bits per heavy atom. The van der Waals surface area contributed by atoms with Crippen LogP contribution < -0.4 is 4.90 Å². The van der Waals surface area contributed by atoms with Crippen molar-refractivity contribution in [2.45, 2.75) is 57.0 Å². The third-order valence-corrected chi connectivity index (χ3v) is 6.77. The molecule has 2 aromatic carbocycles. The summed E-state index contributed by atoms with van der Waals surface area (Å²) in [6.45, 7) is -0.968. The largest absolute Gasteiger partial charge is 0.416 e. The van der Waals surface area contributed by atoms with Gasteiger partial charge in [-0.2, -0.15) is 44.3 Å². The third kappa shape index (κ3) is 6.67. The Bertz CT molecular complexity index is 1300. The maximum absolute atomic E-state index is 13.6. The van der Waals surface area contributed by atoms with Gasteiger partial charge in [-0.05, 0) is 71.0 Å². The highest BCUT2D eigenvalue weighted by Crippen LogP contribution is 2.43.